The summed E-state index contributed by atoms with van der Waals surface area (Å²) in [4.78, 5) is 15.5. The molecule has 0 aliphatic rings. The smallest absolute Gasteiger partial charge is 0.335 e. The van der Waals surface area contributed by atoms with Crippen LogP contribution in [0.4, 0.5) is 0 Å². The molecule has 7 heteroatoms. The van der Waals surface area contributed by atoms with Crippen LogP contribution in [0.1, 0.15) is 30.0 Å². The summed E-state index contributed by atoms with van der Waals surface area (Å²) in [6, 6.07) is 6.05. The molecule has 6 nitrogen and oxygen atoms in total. The highest BCUT2D eigenvalue weighted by molar-refractivity contribution is 7.84. The van der Waals surface area contributed by atoms with E-state index >= 15 is 0 Å². The highest BCUT2D eigenvalue weighted by atomic mass is 32.2. The highest BCUT2D eigenvalue weighted by Gasteiger charge is 2.12. The largest absolute Gasteiger partial charge is 0.478 e. The van der Waals surface area contributed by atoms with E-state index in [1.165, 1.54) is 18.5 Å². The molecule has 2 rings (SSSR count). The lowest BCUT2D eigenvalue weighted by atomic mass is 10.2. The molecule has 0 spiro atoms. The lowest BCUT2D eigenvalue weighted by Crippen LogP contribution is -2.12. The maximum absolute atomic E-state index is 12.3. The average molecular weight is 307 g/mol. The molecule has 1 aromatic carbocycles. The first-order valence-electron chi connectivity index (χ1n) is 6.55. The number of nitrogens with zero attached hydrogens (tertiary/aromatic N) is 3. The first-order chi connectivity index (χ1) is 9.97. The van der Waals surface area contributed by atoms with Gasteiger partial charge in [0.05, 0.1) is 22.1 Å². The summed E-state index contributed by atoms with van der Waals surface area (Å²) in [5, 5.41) is 13.0. The van der Waals surface area contributed by atoms with Gasteiger partial charge < -0.3 is 5.11 Å². The molecule has 0 fully saturated rings. The molecule has 1 aromatic heterocycles. The van der Waals surface area contributed by atoms with E-state index < -0.39 is 16.8 Å². The fourth-order valence-corrected chi connectivity index (χ4v) is 2.91. The van der Waals surface area contributed by atoms with Gasteiger partial charge in [-0.25, -0.2) is 14.5 Å². The first-order valence-corrected chi connectivity index (χ1v) is 7.87. The van der Waals surface area contributed by atoms with Gasteiger partial charge in [0, 0.05) is 11.4 Å². The van der Waals surface area contributed by atoms with E-state index in [1.54, 1.807) is 16.8 Å². The van der Waals surface area contributed by atoms with E-state index in [-0.39, 0.29) is 11.3 Å². The van der Waals surface area contributed by atoms with Crippen molar-refractivity contribution in [1.29, 1.82) is 0 Å². The van der Waals surface area contributed by atoms with Crippen molar-refractivity contribution in [3.05, 3.63) is 42.0 Å². The third-order valence-corrected chi connectivity index (χ3v) is 4.18. The molecule has 21 heavy (non-hydrogen) atoms. The Hall–Kier alpha value is -2.02. The Bertz CT molecular complexity index is 650. The zero-order valence-corrected chi connectivity index (χ0v) is 12.7. The molecule has 0 aliphatic carbocycles. The second kappa shape index (κ2) is 6.62. The lowest BCUT2D eigenvalue weighted by molar-refractivity contribution is 0.0697. The Kier molecular flexibility index (Phi) is 4.85. The molecule has 1 heterocycles. The van der Waals surface area contributed by atoms with Crippen molar-refractivity contribution in [2.45, 2.75) is 31.0 Å². The molecule has 1 atom stereocenters. The number of rotatable bonds is 6. The normalized spacial score (nSPS) is 12.5. The van der Waals surface area contributed by atoms with Crippen molar-refractivity contribution in [2.75, 3.05) is 0 Å². The topological polar surface area (TPSA) is 85.1 Å². The molecule has 0 aliphatic heterocycles. The van der Waals surface area contributed by atoms with Crippen LogP contribution < -0.4 is 0 Å². The van der Waals surface area contributed by atoms with E-state index in [0.717, 1.165) is 6.54 Å². The number of carboxylic acids is 1. The van der Waals surface area contributed by atoms with E-state index in [1.807, 2.05) is 0 Å². The molecule has 0 radical (unpaired) electrons. The zero-order valence-electron chi connectivity index (χ0n) is 11.9. The van der Waals surface area contributed by atoms with Crippen LogP contribution in [0.2, 0.25) is 0 Å². The monoisotopic (exact) mass is 307 g/mol. The van der Waals surface area contributed by atoms with Crippen LogP contribution in [0.15, 0.2) is 35.5 Å². The van der Waals surface area contributed by atoms with Gasteiger partial charge in [-0.1, -0.05) is 13.8 Å². The van der Waals surface area contributed by atoms with Crippen LogP contribution in [-0.2, 0) is 23.1 Å². The fourth-order valence-electron chi connectivity index (χ4n) is 1.85. The quantitative estimate of drug-likeness (QED) is 0.881. The van der Waals surface area contributed by atoms with Crippen molar-refractivity contribution in [2.24, 2.45) is 5.92 Å². The lowest BCUT2D eigenvalue weighted by Gasteiger charge is -2.08. The Morgan fingerprint density at radius 3 is 2.57 bits per heavy atom. The third kappa shape index (κ3) is 3.98. The summed E-state index contributed by atoms with van der Waals surface area (Å²) in [5.41, 5.74) is 0.179. The van der Waals surface area contributed by atoms with E-state index in [9.17, 15) is 9.00 Å². The van der Waals surface area contributed by atoms with E-state index in [2.05, 4.69) is 23.9 Å². The van der Waals surface area contributed by atoms with Gasteiger partial charge in [-0.3, -0.25) is 4.21 Å². The minimum absolute atomic E-state index is 0.179. The second-order valence-electron chi connectivity index (χ2n) is 5.07. The fraction of sp³-hybridized carbons (Fsp3) is 0.357. The van der Waals surface area contributed by atoms with Gasteiger partial charge in [0.25, 0.3) is 0 Å². The Morgan fingerprint density at radius 2 is 2.00 bits per heavy atom. The van der Waals surface area contributed by atoms with Gasteiger partial charge in [0.1, 0.15) is 12.2 Å². The van der Waals surface area contributed by atoms with Crippen LogP contribution in [0.5, 0.6) is 0 Å². The van der Waals surface area contributed by atoms with Crippen LogP contribution in [0.25, 0.3) is 0 Å². The maximum atomic E-state index is 12.3. The predicted octanol–water partition coefficient (Wildman–Crippen LogP) is 1.94. The standard InChI is InChI=1S/C14H17N3O3S/c1-10(2)7-17-13(15-9-16-17)8-21(20)12-5-3-11(4-6-12)14(18)19/h3-6,9-10H,7-8H2,1-2H3,(H,18,19). The zero-order chi connectivity index (χ0) is 15.4. The maximum Gasteiger partial charge on any atom is 0.335 e. The van der Waals surface area contributed by atoms with Crippen molar-refractivity contribution < 1.29 is 14.1 Å². The number of benzene rings is 1. The molecule has 2 aromatic rings. The third-order valence-electron chi connectivity index (χ3n) is 2.86. The summed E-state index contributed by atoms with van der Waals surface area (Å²) in [7, 11) is -1.28. The SMILES string of the molecule is CC(C)Cn1ncnc1CS(=O)c1ccc(C(=O)O)cc1. The molecular weight excluding hydrogens is 290 g/mol. The van der Waals surface area contributed by atoms with E-state index in [4.69, 9.17) is 5.11 Å². The van der Waals surface area contributed by atoms with Crippen molar-refractivity contribution >= 4 is 16.8 Å². The average Bonchev–Trinajstić information content (AvgIpc) is 2.85. The van der Waals surface area contributed by atoms with Gasteiger partial charge in [-0.05, 0) is 30.2 Å². The molecule has 1 N–H and O–H groups in total. The second-order valence-corrected chi connectivity index (χ2v) is 6.52. The number of carbonyl (C=O) groups is 1. The summed E-state index contributed by atoms with van der Waals surface area (Å²) < 4.78 is 14.1. The molecular formula is C14H17N3O3S. The van der Waals surface area contributed by atoms with E-state index in [0.29, 0.717) is 16.6 Å². The molecule has 1 unspecified atom stereocenters. The summed E-state index contributed by atoms with van der Waals surface area (Å²) in [6.07, 6.45) is 1.46. The first kappa shape index (κ1) is 15.4. The van der Waals surface area contributed by atoms with Crippen molar-refractivity contribution in [3.63, 3.8) is 0 Å². The molecule has 0 saturated carbocycles. The van der Waals surface area contributed by atoms with Crippen molar-refractivity contribution in [1.82, 2.24) is 14.8 Å². The van der Waals surface area contributed by atoms with Gasteiger partial charge in [-0.15, -0.1) is 0 Å². The molecule has 0 amide bonds. The summed E-state index contributed by atoms with van der Waals surface area (Å²) >= 11 is 0. The van der Waals surface area contributed by atoms with Gasteiger partial charge in [-0.2, -0.15) is 5.10 Å². The number of carboxylic acid groups (broad SMARTS) is 1. The van der Waals surface area contributed by atoms with Crippen LogP contribution in [0, 0.1) is 5.92 Å². The Morgan fingerprint density at radius 1 is 1.33 bits per heavy atom. The molecule has 0 bridgehead atoms. The Labute approximate surface area is 125 Å². The van der Waals surface area contributed by atoms with Gasteiger partial charge in [0.2, 0.25) is 0 Å². The highest BCUT2D eigenvalue weighted by Crippen LogP contribution is 2.13. The number of aromatic nitrogens is 3. The van der Waals surface area contributed by atoms with Crippen LogP contribution in [0.3, 0.4) is 0 Å². The number of aromatic carboxylic acids is 1. The molecule has 0 saturated heterocycles. The number of hydrogen-bond donors (Lipinski definition) is 1. The van der Waals surface area contributed by atoms with Crippen molar-refractivity contribution in [3.8, 4) is 0 Å². The van der Waals surface area contributed by atoms with Crippen LogP contribution >= 0.6 is 0 Å². The van der Waals surface area contributed by atoms with Crippen LogP contribution in [-0.4, -0.2) is 30.0 Å². The van der Waals surface area contributed by atoms with Gasteiger partial charge in [0.15, 0.2) is 0 Å². The molecule has 112 valence electrons. The number of hydrogen-bond acceptors (Lipinski definition) is 4. The summed E-state index contributed by atoms with van der Waals surface area (Å²) in [5.74, 6) is 0.362. The minimum Gasteiger partial charge on any atom is -0.478 e. The minimum atomic E-state index is -1.28. The summed E-state index contributed by atoms with van der Waals surface area (Å²) in [6.45, 7) is 4.88. The van der Waals surface area contributed by atoms with Gasteiger partial charge >= 0.3 is 5.97 Å². The predicted molar refractivity (Wildman–Crippen MR) is 78.4 cm³/mol. The Balaban J connectivity index is 2.11.